The van der Waals surface area contributed by atoms with Crippen molar-refractivity contribution in [2.24, 2.45) is 17.0 Å². The third-order valence-corrected chi connectivity index (χ3v) is 8.76. The van der Waals surface area contributed by atoms with Gasteiger partial charge < -0.3 is 34.8 Å². The van der Waals surface area contributed by atoms with Gasteiger partial charge in [0, 0.05) is 36.3 Å². The van der Waals surface area contributed by atoms with Crippen LogP contribution in [0.1, 0.15) is 64.1 Å². The van der Waals surface area contributed by atoms with Gasteiger partial charge in [-0.05, 0) is 74.6 Å². The van der Waals surface area contributed by atoms with Crippen LogP contribution in [0.25, 0.3) is 0 Å². The smallest absolute Gasteiger partial charge is 0.486 e. The fourth-order valence-electron chi connectivity index (χ4n) is 6.64. The van der Waals surface area contributed by atoms with Crippen LogP contribution in [0.15, 0.2) is 47.6 Å². The average molecular weight is 692 g/mol. The minimum atomic E-state index is -5.07. The number of fused-ring (bicyclic) bond motifs is 3. The summed E-state index contributed by atoms with van der Waals surface area (Å²) >= 11 is 0. The average Bonchev–Trinajstić information content (AvgIpc) is 3.74. The fourth-order valence-corrected chi connectivity index (χ4v) is 6.64. The molecule has 1 aliphatic carbocycles. The SMILES string of the molecule is CC1(C)Cc2cc(C3=NOC4CC(CO)CC34)cc(C(=O)Nc3cc4c(cc3C(=O)Nc3ccc(F)c(C(F)(F)F)c3)OC(F)(F)O4)c2O1. The van der Waals surface area contributed by atoms with Crippen LogP contribution < -0.4 is 24.8 Å². The van der Waals surface area contributed by atoms with Crippen molar-refractivity contribution in [3.63, 3.8) is 0 Å². The van der Waals surface area contributed by atoms with Gasteiger partial charge >= 0.3 is 12.5 Å². The van der Waals surface area contributed by atoms with E-state index in [2.05, 4.69) is 25.3 Å². The second-order valence-corrected chi connectivity index (χ2v) is 12.9. The Morgan fingerprint density at radius 2 is 1.67 bits per heavy atom. The molecular weight excluding hydrogens is 664 g/mol. The number of ether oxygens (including phenoxy) is 3. The van der Waals surface area contributed by atoms with Crippen molar-refractivity contribution in [3.8, 4) is 17.2 Å². The maximum Gasteiger partial charge on any atom is 0.586 e. The third-order valence-electron chi connectivity index (χ3n) is 8.76. The van der Waals surface area contributed by atoms with E-state index in [1.54, 1.807) is 0 Å². The zero-order valence-electron chi connectivity index (χ0n) is 25.7. The van der Waals surface area contributed by atoms with Gasteiger partial charge in [0.25, 0.3) is 11.8 Å². The highest BCUT2D eigenvalue weighted by Crippen LogP contribution is 2.46. The van der Waals surface area contributed by atoms with E-state index in [0.717, 1.165) is 18.2 Å². The number of anilines is 2. The van der Waals surface area contributed by atoms with Crippen molar-refractivity contribution >= 4 is 28.9 Å². The number of amides is 2. The molecule has 3 aliphatic heterocycles. The van der Waals surface area contributed by atoms with Crippen LogP contribution in [-0.4, -0.2) is 47.2 Å². The maximum atomic E-state index is 14.0. The van der Waals surface area contributed by atoms with Crippen molar-refractivity contribution < 1.29 is 60.1 Å². The highest BCUT2D eigenvalue weighted by Gasteiger charge is 2.46. The summed E-state index contributed by atoms with van der Waals surface area (Å²) in [6.45, 7) is 3.64. The fraction of sp³-hybridized carbons (Fsp3) is 0.364. The zero-order valence-corrected chi connectivity index (χ0v) is 25.7. The lowest BCUT2D eigenvalue weighted by Crippen LogP contribution is -2.25. The standard InChI is InChI=1S/C33H27F6N3O7/c1-31(2)12-16-7-15(27-19-5-14(13-43)6-24(19)49-42-27)8-20(28(16)48-31)30(45)41-23-11-26-25(46-33(38,39)47-26)10-18(23)29(44)40-17-3-4-22(34)21(9-17)32(35,36)37/h3-4,7-11,14,19,24,43H,5-6,12-13H2,1-2H3,(H,40,44)(H,41,45). The van der Waals surface area contributed by atoms with E-state index in [1.165, 1.54) is 6.07 Å². The van der Waals surface area contributed by atoms with Gasteiger partial charge in [-0.3, -0.25) is 9.59 Å². The molecule has 0 aromatic heterocycles. The van der Waals surface area contributed by atoms with Crippen LogP contribution in [0.4, 0.5) is 37.7 Å². The number of benzene rings is 3. The number of nitrogens with zero attached hydrogens (tertiary/aromatic N) is 1. The molecule has 3 aromatic carbocycles. The molecule has 3 atom stereocenters. The lowest BCUT2D eigenvalue weighted by molar-refractivity contribution is -0.286. The normalized spacial score (nSPS) is 22.5. The molecule has 0 radical (unpaired) electrons. The molecule has 7 rings (SSSR count). The maximum absolute atomic E-state index is 14.0. The van der Waals surface area contributed by atoms with E-state index in [0.29, 0.717) is 48.2 Å². The molecule has 3 N–H and O–H groups in total. The van der Waals surface area contributed by atoms with Gasteiger partial charge in [0.05, 0.1) is 28.1 Å². The number of carbonyl (C=O) groups is 2. The monoisotopic (exact) mass is 691 g/mol. The lowest BCUT2D eigenvalue weighted by atomic mass is 9.90. The van der Waals surface area contributed by atoms with Crippen molar-refractivity contribution in [3.05, 3.63) is 76.1 Å². The summed E-state index contributed by atoms with van der Waals surface area (Å²) in [4.78, 5) is 33.1. The molecule has 258 valence electrons. The van der Waals surface area contributed by atoms with Crippen molar-refractivity contribution in [1.29, 1.82) is 0 Å². The first-order valence-electron chi connectivity index (χ1n) is 15.1. The number of nitrogens with one attached hydrogen (secondary N) is 2. The predicted octanol–water partition coefficient (Wildman–Crippen LogP) is 6.51. The Morgan fingerprint density at radius 3 is 2.39 bits per heavy atom. The Morgan fingerprint density at radius 1 is 0.959 bits per heavy atom. The van der Waals surface area contributed by atoms with E-state index in [-0.39, 0.29) is 41.5 Å². The number of hydrogen-bond donors (Lipinski definition) is 3. The van der Waals surface area contributed by atoms with Gasteiger partial charge in [0.15, 0.2) is 11.5 Å². The quantitative estimate of drug-likeness (QED) is 0.252. The Hall–Kier alpha value is -4.99. The molecule has 10 nitrogen and oxygen atoms in total. The number of hydrogen-bond acceptors (Lipinski definition) is 8. The molecule has 3 unspecified atom stereocenters. The summed E-state index contributed by atoms with van der Waals surface area (Å²) in [7, 11) is 0. The summed E-state index contributed by atoms with van der Waals surface area (Å²) in [5.41, 5.74) is -1.82. The summed E-state index contributed by atoms with van der Waals surface area (Å²) in [5.74, 6) is -4.51. The largest absolute Gasteiger partial charge is 0.586 e. The summed E-state index contributed by atoms with van der Waals surface area (Å²) in [6, 6.07) is 6.88. The number of halogens is 6. The van der Waals surface area contributed by atoms with Gasteiger partial charge in [-0.25, -0.2) is 4.39 Å². The number of oxime groups is 1. The van der Waals surface area contributed by atoms with Gasteiger partial charge in [0.1, 0.15) is 23.3 Å². The second kappa shape index (κ2) is 11.3. The van der Waals surface area contributed by atoms with Gasteiger partial charge in [0.2, 0.25) is 0 Å². The molecule has 16 heteroatoms. The first kappa shape index (κ1) is 32.6. The zero-order chi connectivity index (χ0) is 35.0. The summed E-state index contributed by atoms with van der Waals surface area (Å²) in [5, 5.41) is 18.7. The Kier molecular flexibility index (Phi) is 7.50. The first-order chi connectivity index (χ1) is 23.0. The Labute approximate surface area is 274 Å². The summed E-state index contributed by atoms with van der Waals surface area (Å²) in [6.07, 6.45) is -7.75. The van der Waals surface area contributed by atoms with Gasteiger partial charge in [-0.1, -0.05) is 5.16 Å². The van der Waals surface area contributed by atoms with Crippen LogP contribution in [0.3, 0.4) is 0 Å². The van der Waals surface area contributed by atoms with Crippen LogP contribution >= 0.6 is 0 Å². The van der Waals surface area contributed by atoms with Crippen LogP contribution in [0.5, 0.6) is 17.2 Å². The molecule has 0 spiro atoms. The minimum absolute atomic E-state index is 0.00839. The topological polar surface area (TPSA) is 128 Å². The third kappa shape index (κ3) is 6.09. The highest BCUT2D eigenvalue weighted by atomic mass is 19.4. The molecule has 3 aromatic rings. The van der Waals surface area contributed by atoms with Gasteiger partial charge in [-0.2, -0.15) is 13.2 Å². The van der Waals surface area contributed by atoms with Crippen LogP contribution in [-0.2, 0) is 17.4 Å². The predicted molar refractivity (Wildman–Crippen MR) is 160 cm³/mol. The van der Waals surface area contributed by atoms with E-state index in [1.807, 2.05) is 19.9 Å². The molecule has 0 saturated heterocycles. The number of carbonyl (C=O) groups excluding carboxylic acids is 2. The molecule has 0 bridgehead atoms. The second-order valence-electron chi connectivity index (χ2n) is 12.9. The minimum Gasteiger partial charge on any atom is -0.486 e. The number of aliphatic hydroxyl groups excluding tert-OH is 1. The van der Waals surface area contributed by atoms with E-state index in [4.69, 9.17) is 9.57 Å². The molecule has 3 heterocycles. The summed E-state index contributed by atoms with van der Waals surface area (Å²) < 4.78 is 96.9. The van der Waals surface area contributed by atoms with Crippen LogP contribution in [0.2, 0.25) is 0 Å². The van der Waals surface area contributed by atoms with Crippen molar-refractivity contribution in [1.82, 2.24) is 0 Å². The number of alkyl halides is 5. The van der Waals surface area contributed by atoms with Crippen molar-refractivity contribution in [2.75, 3.05) is 17.2 Å². The Bertz CT molecular complexity index is 1930. The molecule has 1 saturated carbocycles. The Balaban J connectivity index is 1.24. The van der Waals surface area contributed by atoms with E-state index in [9.17, 15) is 41.0 Å². The molecule has 2 amide bonds. The highest BCUT2D eigenvalue weighted by molar-refractivity contribution is 6.15. The molecule has 4 aliphatic rings. The number of aliphatic hydroxyl groups is 1. The first-order valence-corrected chi connectivity index (χ1v) is 15.1. The molecule has 49 heavy (non-hydrogen) atoms. The molecular formula is C33H27F6N3O7. The van der Waals surface area contributed by atoms with Crippen LogP contribution in [0, 0.1) is 17.7 Å². The van der Waals surface area contributed by atoms with Crippen molar-refractivity contribution in [2.45, 2.75) is 57.3 Å². The van der Waals surface area contributed by atoms with E-state index >= 15 is 0 Å². The molecule has 1 fully saturated rings. The van der Waals surface area contributed by atoms with Gasteiger partial charge in [-0.15, -0.1) is 8.78 Å². The lowest BCUT2D eigenvalue weighted by Gasteiger charge is -2.19. The van der Waals surface area contributed by atoms with E-state index < -0.39 is 64.0 Å². The number of rotatable bonds is 6.